The first kappa shape index (κ1) is 26.4. The van der Waals surface area contributed by atoms with Gasteiger partial charge in [-0.2, -0.15) is 0 Å². The molecule has 0 saturated heterocycles. The highest BCUT2D eigenvalue weighted by Crippen LogP contribution is 2.38. The van der Waals surface area contributed by atoms with Crippen LogP contribution in [0.5, 0.6) is 28.7 Å². The van der Waals surface area contributed by atoms with E-state index in [1.54, 1.807) is 49.6 Å². The lowest BCUT2D eigenvalue weighted by atomic mass is 9.87. The summed E-state index contributed by atoms with van der Waals surface area (Å²) in [5.74, 6) is -0.361. The Morgan fingerprint density at radius 2 is 1.71 bits per heavy atom. The summed E-state index contributed by atoms with van der Waals surface area (Å²) in [5, 5.41) is 24.7. The maximum Gasteiger partial charge on any atom is 0.343 e. The van der Waals surface area contributed by atoms with Crippen molar-refractivity contribution in [2.45, 2.75) is 25.8 Å². The molecule has 1 amide bonds. The van der Waals surface area contributed by atoms with Crippen molar-refractivity contribution >= 4 is 16.9 Å². The minimum Gasteiger partial charge on any atom is -0.507 e. The highest BCUT2D eigenvalue weighted by molar-refractivity contribution is 5.85. The molecule has 0 fully saturated rings. The predicted octanol–water partition coefficient (Wildman–Crippen LogP) is 4.46. The number of amides is 1. The van der Waals surface area contributed by atoms with Gasteiger partial charge in [-0.05, 0) is 54.4 Å². The molecule has 4 aromatic rings. The van der Waals surface area contributed by atoms with Crippen molar-refractivity contribution < 1.29 is 33.6 Å². The second-order valence-electron chi connectivity index (χ2n) is 8.53. The van der Waals surface area contributed by atoms with Crippen LogP contribution in [0.4, 0.5) is 0 Å². The van der Waals surface area contributed by atoms with Gasteiger partial charge in [-0.25, -0.2) is 4.79 Å². The smallest absolute Gasteiger partial charge is 0.343 e. The molecule has 9 nitrogen and oxygen atoms in total. The van der Waals surface area contributed by atoms with Crippen LogP contribution in [0.3, 0.4) is 0 Å². The molecule has 0 aliphatic heterocycles. The van der Waals surface area contributed by atoms with Gasteiger partial charge in [0, 0.05) is 18.9 Å². The molecule has 1 aromatic heterocycles. The molecule has 9 heteroatoms. The van der Waals surface area contributed by atoms with Crippen molar-refractivity contribution in [1.82, 2.24) is 5.32 Å². The molecule has 1 unspecified atom stereocenters. The van der Waals surface area contributed by atoms with Gasteiger partial charge >= 0.3 is 5.63 Å². The molecule has 0 saturated carbocycles. The van der Waals surface area contributed by atoms with E-state index in [4.69, 9.17) is 18.6 Å². The fourth-order valence-corrected chi connectivity index (χ4v) is 4.32. The lowest BCUT2D eigenvalue weighted by molar-refractivity contribution is -0.121. The predicted molar refractivity (Wildman–Crippen MR) is 141 cm³/mol. The van der Waals surface area contributed by atoms with E-state index in [-0.39, 0.29) is 47.3 Å². The Morgan fingerprint density at radius 1 is 0.974 bits per heavy atom. The van der Waals surface area contributed by atoms with Gasteiger partial charge in [0.15, 0.2) is 23.0 Å². The summed E-state index contributed by atoms with van der Waals surface area (Å²) in [7, 11) is 2.97. The zero-order valence-corrected chi connectivity index (χ0v) is 21.3. The number of ether oxygens (including phenoxy) is 3. The molecule has 3 N–H and O–H groups in total. The van der Waals surface area contributed by atoms with E-state index >= 15 is 0 Å². The third kappa shape index (κ3) is 5.51. The van der Waals surface area contributed by atoms with E-state index in [9.17, 15) is 19.8 Å². The fourth-order valence-electron chi connectivity index (χ4n) is 4.32. The first-order valence-electron chi connectivity index (χ1n) is 12.0. The summed E-state index contributed by atoms with van der Waals surface area (Å²) in [6, 6.07) is 16.5. The molecule has 198 valence electrons. The number of hydrogen-bond donors (Lipinski definition) is 3. The van der Waals surface area contributed by atoms with E-state index in [0.29, 0.717) is 29.1 Å². The summed E-state index contributed by atoms with van der Waals surface area (Å²) in [5.41, 5.74) is 0.593. The molecule has 0 bridgehead atoms. The van der Waals surface area contributed by atoms with Gasteiger partial charge in [-0.3, -0.25) is 4.79 Å². The van der Waals surface area contributed by atoms with Crippen LogP contribution in [-0.2, 0) is 11.3 Å². The van der Waals surface area contributed by atoms with Crippen molar-refractivity contribution in [3.05, 3.63) is 87.8 Å². The Balaban J connectivity index is 1.66. The zero-order chi connectivity index (χ0) is 27.2. The highest BCUT2D eigenvalue weighted by Gasteiger charge is 2.28. The molecular formula is C29H29NO8. The van der Waals surface area contributed by atoms with Crippen LogP contribution in [0, 0.1) is 0 Å². The molecule has 0 aliphatic rings. The quantitative estimate of drug-likeness (QED) is 0.262. The minimum atomic E-state index is -0.914. The van der Waals surface area contributed by atoms with Crippen LogP contribution in [0.1, 0.15) is 36.0 Å². The second-order valence-corrected chi connectivity index (χ2v) is 8.53. The van der Waals surface area contributed by atoms with Crippen LogP contribution in [0.15, 0.2) is 69.9 Å². The maximum absolute atomic E-state index is 13.1. The number of carbonyl (C=O) groups is 1. The van der Waals surface area contributed by atoms with Crippen molar-refractivity contribution in [3.63, 3.8) is 0 Å². The number of fused-ring (bicyclic) bond motifs is 1. The van der Waals surface area contributed by atoms with Gasteiger partial charge < -0.3 is 34.2 Å². The molecule has 0 spiro atoms. The van der Waals surface area contributed by atoms with E-state index < -0.39 is 11.5 Å². The van der Waals surface area contributed by atoms with Gasteiger partial charge in [0.1, 0.15) is 11.3 Å². The third-order valence-electron chi connectivity index (χ3n) is 6.18. The Kier molecular flexibility index (Phi) is 8.06. The Hall–Kier alpha value is -4.66. The number of nitrogens with one attached hydrogen (secondary N) is 1. The molecule has 4 rings (SSSR count). The van der Waals surface area contributed by atoms with Crippen LogP contribution in [0.25, 0.3) is 11.0 Å². The second kappa shape index (κ2) is 11.6. The highest BCUT2D eigenvalue weighted by atomic mass is 16.5. The van der Waals surface area contributed by atoms with Crippen molar-refractivity contribution in [2.24, 2.45) is 0 Å². The van der Waals surface area contributed by atoms with Gasteiger partial charge in [-0.1, -0.05) is 24.3 Å². The first-order chi connectivity index (χ1) is 18.4. The van der Waals surface area contributed by atoms with E-state index in [0.717, 1.165) is 5.56 Å². The van der Waals surface area contributed by atoms with E-state index in [1.165, 1.54) is 19.2 Å². The molecule has 3 aromatic carbocycles. The average molecular weight is 520 g/mol. The van der Waals surface area contributed by atoms with E-state index in [2.05, 4.69) is 5.32 Å². The normalized spacial score (nSPS) is 11.7. The molecule has 1 heterocycles. The summed E-state index contributed by atoms with van der Waals surface area (Å²) < 4.78 is 21.5. The van der Waals surface area contributed by atoms with E-state index in [1.807, 2.05) is 13.0 Å². The fraction of sp³-hybridized carbons (Fsp3) is 0.241. The van der Waals surface area contributed by atoms with Gasteiger partial charge in [0.25, 0.3) is 0 Å². The Labute approximate surface area is 219 Å². The van der Waals surface area contributed by atoms with Gasteiger partial charge in [0.2, 0.25) is 5.91 Å². The number of phenols is 1. The standard InChI is InChI=1S/C29H29NO8/c1-4-37-25-13-17(9-11-24(25)36-3)16-30-26(32)15-20(18-10-12-23(35-2)21(31)14-18)27-28(33)19-7-5-6-8-22(19)38-29(27)34/h5-14,20,31,33H,4,15-16H2,1-3H3,(H,30,32). The van der Waals surface area contributed by atoms with Crippen molar-refractivity contribution in [3.8, 4) is 28.7 Å². The largest absolute Gasteiger partial charge is 0.507 e. The average Bonchev–Trinajstić information content (AvgIpc) is 2.91. The number of methoxy groups -OCH3 is 2. The SMILES string of the molecule is CCOc1cc(CNC(=O)CC(c2ccc(OC)c(O)c2)c2c(O)c3ccccc3oc2=O)ccc1OC. The summed E-state index contributed by atoms with van der Waals surface area (Å²) >= 11 is 0. The van der Waals surface area contributed by atoms with Crippen molar-refractivity contribution in [1.29, 1.82) is 0 Å². The number of phenolic OH excluding ortho intramolecular Hbond substituents is 1. The lowest BCUT2D eigenvalue weighted by Gasteiger charge is -2.19. The summed E-state index contributed by atoms with van der Waals surface area (Å²) in [6.45, 7) is 2.52. The number of para-hydroxylation sites is 1. The lowest BCUT2D eigenvalue weighted by Crippen LogP contribution is -2.26. The van der Waals surface area contributed by atoms with Crippen LogP contribution in [-0.4, -0.2) is 36.9 Å². The van der Waals surface area contributed by atoms with Crippen LogP contribution >= 0.6 is 0 Å². The number of rotatable bonds is 10. The molecule has 38 heavy (non-hydrogen) atoms. The molecule has 0 aliphatic carbocycles. The zero-order valence-electron chi connectivity index (χ0n) is 21.3. The summed E-state index contributed by atoms with van der Waals surface area (Å²) in [6.07, 6.45) is -0.198. The Morgan fingerprint density at radius 3 is 2.42 bits per heavy atom. The maximum atomic E-state index is 13.1. The number of carbonyl (C=O) groups excluding carboxylic acids is 1. The number of aromatic hydroxyl groups is 2. The number of benzene rings is 3. The van der Waals surface area contributed by atoms with Crippen LogP contribution in [0.2, 0.25) is 0 Å². The third-order valence-corrected chi connectivity index (χ3v) is 6.18. The molecular weight excluding hydrogens is 490 g/mol. The monoisotopic (exact) mass is 519 g/mol. The molecule has 0 radical (unpaired) electrons. The topological polar surface area (TPSA) is 127 Å². The number of hydrogen-bond acceptors (Lipinski definition) is 8. The van der Waals surface area contributed by atoms with Crippen molar-refractivity contribution in [2.75, 3.05) is 20.8 Å². The van der Waals surface area contributed by atoms with Crippen LogP contribution < -0.4 is 25.2 Å². The Bertz CT molecular complexity index is 1510. The van der Waals surface area contributed by atoms with Gasteiger partial charge in [0.05, 0.1) is 31.8 Å². The summed E-state index contributed by atoms with van der Waals surface area (Å²) in [4.78, 5) is 26.2. The molecule has 1 atom stereocenters. The minimum absolute atomic E-state index is 0.0773. The van der Waals surface area contributed by atoms with Gasteiger partial charge in [-0.15, -0.1) is 0 Å². The first-order valence-corrected chi connectivity index (χ1v) is 12.0.